The van der Waals surface area contributed by atoms with E-state index in [1.165, 1.54) is 0 Å². The molecule has 100 valence electrons. The Hall–Kier alpha value is -0.650. The summed E-state index contributed by atoms with van der Waals surface area (Å²) in [6, 6.07) is 0. The van der Waals surface area contributed by atoms with Crippen molar-refractivity contribution in [1.82, 2.24) is 5.32 Å². The molecule has 1 atom stereocenters. The molecular formula is C12H23NO4. The molecule has 0 aromatic heterocycles. The first-order valence-corrected chi connectivity index (χ1v) is 6.23. The van der Waals surface area contributed by atoms with E-state index in [0.29, 0.717) is 5.92 Å². The van der Waals surface area contributed by atoms with E-state index in [9.17, 15) is 15.0 Å². The Morgan fingerprint density at radius 2 is 2.06 bits per heavy atom. The third kappa shape index (κ3) is 4.61. The third-order valence-electron chi connectivity index (χ3n) is 3.66. The fourth-order valence-electron chi connectivity index (χ4n) is 2.31. The SMILES string of the molecule is CC1CCC(CO)(NCC(O)CC(=O)O)CC1. The van der Waals surface area contributed by atoms with Crippen molar-refractivity contribution in [1.29, 1.82) is 0 Å². The predicted octanol–water partition coefficient (Wildman–Crippen LogP) is 0.353. The summed E-state index contributed by atoms with van der Waals surface area (Å²) in [5.41, 5.74) is -0.327. The maximum absolute atomic E-state index is 10.4. The van der Waals surface area contributed by atoms with Gasteiger partial charge in [0.15, 0.2) is 0 Å². The van der Waals surface area contributed by atoms with Crippen LogP contribution in [-0.4, -0.2) is 46.1 Å². The van der Waals surface area contributed by atoms with Gasteiger partial charge in [-0.3, -0.25) is 4.79 Å². The van der Waals surface area contributed by atoms with Crippen LogP contribution in [0, 0.1) is 5.92 Å². The summed E-state index contributed by atoms with van der Waals surface area (Å²) >= 11 is 0. The van der Waals surface area contributed by atoms with Crippen molar-refractivity contribution in [2.24, 2.45) is 5.92 Å². The van der Waals surface area contributed by atoms with Gasteiger partial charge >= 0.3 is 5.97 Å². The zero-order valence-corrected chi connectivity index (χ0v) is 10.4. The van der Waals surface area contributed by atoms with Crippen LogP contribution < -0.4 is 5.32 Å². The zero-order valence-electron chi connectivity index (χ0n) is 10.4. The normalized spacial score (nSPS) is 31.1. The number of aliphatic hydroxyl groups is 2. The van der Waals surface area contributed by atoms with Gasteiger partial charge in [0.1, 0.15) is 0 Å². The number of carbonyl (C=O) groups is 1. The first kappa shape index (κ1) is 14.4. The van der Waals surface area contributed by atoms with Gasteiger partial charge in [0.2, 0.25) is 0 Å². The highest BCUT2D eigenvalue weighted by atomic mass is 16.4. The molecule has 17 heavy (non-hydrogen) atoms. The number of rotatable bonds is 6. The summed E-state index contributed by atoms with van der Waals surface area (Å²) in [5.74, 6) is -0.324. The molecule has 1 saturated carbocycles. The van der Waals surface area contributed by atoms with Crippen LogP contribution in [0.4, 0.5) is 0 Å². The van der Waals surface area contributed by atoms with Gasteiger partial charge in [0.25, 0.3) is 0 Å². The predicted molar refractivity (Wildman–Crippen MR) is 63.7 cm³/mol. The molecule has 0 spiro atoms. The fourth-order valence-corrected chi connectivity index (χ4v) is 2.31. The Kier molecular flexibility index (Phi) is 5.36. The van der Waals surface area contributed by atoms with Crippen molar-refractivity contribution in [2.75, 3.05) is 13.2 Å². The van der Waals surface area contributed by atoms with Gasteiger partial charge in [0.05, 0.1) is 19.1 Å². The lowest BCUT2D eigenvalue weighted by molar-refractivity contribution is -0.139. The topological polar surface area (TPSA) is 89.8 Å². The number of hydrogen-bond acceptors (Lipinski definition) is 4. The Morgan fingerprint density at radius 3 is 2.53 bits per heavy atom. The second-order valence-corrected chi connectivity index (χ2v) is 5.25. The molecule has 1 rings (SSSR count). The van der Waals surface area contributed by atoms with Crippen molar-refractivity contribution in [3.05, 3.63) is 0 Å². The largest absolute Gasteiger partial charge is 0.481 e. The first-order valence-electron chi connectivity index (χ1n) is 6.23. The molecule has 0 saturated heterocycles. The molecule has 1 aliphatic carbocycles. The molecule has 0 amide bonds. The zero-order chi connectivity index (χ0) is 12.9. The Balaban J connectivity index is 2.39. The summed E-state index contributed by atoms with van der Waals surface area (Å²) in [6.45, 7) is 2.46. The maximum Gasteiger partial charge on any atom is 0.306 e. The summed E-state index contributed by atoms with van der Waals surface area (Å²) in [7, 11) is 0. The van der Waals surface area contributed by atoms with Crippen LogP contribution in [0.3, 0.4) is 0 Å². The molecule has 1 aliphatic rings. The van der Waals surface area contributed by atoms with Crippen LogP contribution in [0.1, 0.15) is 39.0 Å². The van der Waals surface area contributed by atoms with Gasteiger partial charge in [-0.1, -0.05) is 6.92 Å². The van der Waals surface area contributed by atoms with E-state index in [0.717, 1.165) is 25.7 Å². The molecule has 0 aromatic rings. The molecule has 0 bridgehead atoms. The van der Waals surface area contributed by atoms with Crippen LogP contribution in [0.5, 0.6) is 0 Å². The lowest BCUT2D eigenvalue weighted by Gasteiger charge is -2.39. The minimum absolute atomic E-state index is 0.0412. The van der Waals surface area contributed by atoms with Crippen LogP contribution in [-0.2, 0) is 4.79 Å². The number of β-amino-alcohol motifs (C(OH)–C–C–N with tert-alkyl or cyclic N) is 1. The lowest BCUT2D eigenvalue weighted by Crippen LogP contribution is -2.53. The summed E-state index contributed by atoms with van der Waals surface area (Å²) < 4.78 is 0. The molecule has 5 nitrogen and oxygen atoms in total. The Bertz CT molecular complexity index is 249. The smallest absolute Gasteiger partial charge is 0.306 e. The van der Waals surface area contributed by atoms with Gasteiger partial charge < -0.3 is 20.6 Å². The Morgan fingerprint density at radius 1 is 1.47 bits per heavy atom. The summed E-state index contributed by atoms with van der Waals surface area (Å²) in [5, 5.41) is 30.6. The maximum atomic E-state index is 10.4. The molecule has 4 N–H and O–H groups in total. The molecule has 0 aromatic carbocycles. The molecule has 5 heteroatoms. The van der Waals surface area contributed by atoms with Crippen LogP contribution in [0.25, 0.3) is 0 Å². The number of aliphatic hydroxyl groups excluding tert-OH is 2. The molecule has 0 radical (unpaired) electrons. The van der Waals surface area contributed by atoms with Crippen molar-refractivity contribution < 1.29 is 20.1 Å². The quantitative estimate of drug-likeness (QED) is 0.542. The van der Waals surface area contributed by atoms with E-state index in [-0.39, 0.29) is 25.1 Å². The van der Waals surface area contributed by atoms with Crippen LogP contribution in [0.2, 0.25) is 0 Å². The average molecular weight is 245 g/mol. The number of carboxylic acids is 1. The number of hydrogen-bond donors (Lipinski definition) is 4. The van der Waals surface area contributed by atoms with Crippen molar-refractivity contribution in [3.63, 3.8) is 0 Å². The third-order valence-corrected chi connectivity index (χ3v) is 3.66. The number of aliphatic carboxylic acids is 1. The van der Waals surface area contributed by atoms with E-state index in [1.54, 1.807) is 0 Å². The van der Waals surface area contributed by atoms with Crippen molar-refractivity contribution in [3.8, 4) is 0 Å². The molecule has 1 unspecified atom stereocenters. The molecule has 0 heterocycles. The fraction of sp³-hybridized carbons (Fsp3) is 0.917. The summed E-state index contributed by atoms with van der Waals surface area (Å²) in [6.07, 6.45) is 2.72. The highest BCUT2D eigenvalue weighted by molar-refractivity contribution is 5.67. The van der Waals surface area contributed by atoms with E-state index < -0.39 is 12.1 Å². The number of carboxylic acid groups (broad SMARTS) is 1. The highest BCUT2D eigenvalue weighted by Gasteiger charge is 2.33. The second kappa shape index (κ2) is 6.33. The van der Waals surface area contributed by atoms with Gasteiger partial charge in [-0.15, -0.1) is 0 Å². The number of nitrogens with one attached hydrogen (secondary N) is 1. The second-order valence-electron chi connectivity index (χ2n) is 5.25. The lowest BCUT2D eigenvalue weighted by atomic mass is 9.77. The van der Waals surface area contributed by atoms with Crippen LogP contribution in [0.15, 0.2) is 0 Å². The Labute approximate surface area is 102 Å². The van der Waals surface area contributed by atoms with Crippen molar-refractivity contribution in [2.45, 2.75) is 50.7 Å². The van der Waals surface area contributed by atoms with Gasteiger partial charge in [-0.05, 0) is 31.6 Å². The van der Waals surface area contributed by atoms with E-state index in [2.05, 4.69) is 12.2 Å². The van der Waals surface area contributed by atoms with Gasteiger partial charge in [-0.2, -0.15) is 0 Å². The van der Waals surface area contributed by atoms with E-state index >= 15 is 0 Å². The molecule has 0 aliphatic heterocycles. The summed E-state index contributed by atoms with van der Waals surface area (Å²) in [4.78, 5) is 10.4. The van der Waals surface area contributed by atoms with Gasteiger partial charge in [-0.25, -0.2) is 0 Å². The first-order chi connectivity index (χ1) is 7.97. The minimum Gasteiger partial charge on any atom is -0.481 e. The highest BCUT2D eigenvalue weighted by Crippen LogP contribution is 2.31. The van der Waals surface area contributed by atoms with E-state index in [4.69, 9.17) is 5.11 Å². The molecule has 1 fully saturated rings. The standard InChI is InChI=1S/C12H23NO4/c1-9-2-4-12(8-14,5-3-9)13-7-10(15)6-11(16)17/h9-10,13-15H,2-8H2,1H3,(H,16,17). The minimum atomic E-state index is -1.00. The van der Waals surface area contributed by atoms with E-state index in [1.807, 2.05) is 0 Å². The van der Waals surface area contributed by atoms with Gasteiger partial charge in [0, 0.05) is 12.1 Å². The van der Waals surface area contributed by atoms with Crippen molar-refractivity contribution >= 4 is 5.97 Å². The monoisotopic (exact) mass is 245 g/mol. The molecular weight excluding hydrogens is 222 g/mol. The van der Waals surface area contributed by atoms with Crippen LogP contribution >= 0.6 is 0 Å². The average Bonchev–Trinajstić information content (AvgIpc) is 2.28.